The van der Waals surface area contributed by atoms with E-state index in [1.165, 1.54) is 0 Å². The minimum absolute atomic E-state index is 0.140. The predicted molar refractivity (Wildman–Crippen MR) is 161 cm³/mol. The number of aryl methyl sites for hydroxylation is 1. The van der Waals surface area contributed by atoms with E-state index in [4.69, 9.17) is 16.3 Å². The van der Waals surface area contributed by atoms with Gasteiger partial charge in [0, 0.05) is 19.6 Å². The average molecular weight is 586 g/mol. The van der Waals surface area contributed by atoms with E-state index in [9.17, 15) is 19.5 Å². The van der Waals surface area contributed by atoms with Gasteiger partial charge in [0.15, 0.2) is 0 Å². The van der Waals surface area contributed by atoms with Crippen LogP contribution in [0.1, 0.15) is 52.0 Å². The number of nitrogens with zero attached hydrogens (tertiary/aromatic N) is 3. The normalized spacial score (nSPS) is 27.2. The van der Waals surface area contributed by atoms with Gasteiger partial charge < -0.3 is 24.5 Å². The topological polar surface area (TPSA) is 90.4 Å². The molecule has 1 aromatic carbocycles. The summed E-state index contributed by atoms with van der Waals surface area (Å²) in [5, 5.41) is 11.0. The van der Waals surface area contributed by atoms with Gasteiger partial charge in [0.25, 0.3) is 5.91 Å². The lowest BCUT2D eigenvalue weighted by Gasteiger charge is -2.40. The van der Waals surface area contributed by atoms with E-state index >= 15 is 0 Å². The van der Waals surface area contributed by atoms with Crippen LogP contribution in [0.5, 0.6) is 0 Å². The number of halogens is 1. The summed E-state index contributed by atoms with van der Waals surface area (Å²) in [4.78, 5) is 48.2. The van der Waals surface area contributed by atoms with Gasteiger partial charge in [-0.05, 0) is 50.2 Å². The Kier molecular flexibility index (Phi) is 9.66. The van der Waals surface area contributed by atoms with Crippen molar-refractivity contribution in [3.05, 3.63) is 54.1 Å². The summed E-state index contributed by atoms with van der Waals surface area (Å²) in [6.45, 7) is 16.4. The molecule has 3 aliphatic rings. The fourth-order valence-electron chi connectivity index (χ4n) is 7.33. The lowest BCUT2D eigenvalue weighted by atomic mass is 9.70. The van der Waals surface area contributed by atoms with Crippen molar-refractivity contribution >= 4 is 35.0 Å². The number of ether oxygens (including phenoxy) is 1. The number of aliphatic hydroxyl groups excluding tert-OH is 1. The first-order valence-corrected chi connectivity index (χ1v) is 15.1. The molecule has 9 heteroatoms. The quantitative estimate of drug-likeness (QED) is 0.347. The molecular formula is C32H44ClN3O5. The first-order valence-electron chi connectivity index (χ1n) is 14.8. The molecule has 3 aliphatic heterocycles. The van der Waals surface area contributed by atoms with Crippen molar-refractivity contribution < 1.29 is 24.2 Å². The Morgan fingerprint density at radius 2 is 1.95 bits per heavy atom. The van der Waals surface area contributed by atoms with Crippen molar-refractivity contribution in [1.29, 1.82) is 0 Å². The second kappa shape index (κ2) is 12.7. The van der Waals surface area contributed by atoms with E-state index in [1.807, 2.05) is 39.8 Å². The molecule has 41 heavy (non-hydrogen) atoms. The van der Waals surface area contributed by atoms with Crippen molar-refractivity contribution in [2.24, 2.45) is 17.8 Å². The predicted octanol–water partition coefficient (Wildman–Crippen LogP) is 4.37. The second-order valence-corrected chi connectivity index (χ2v) is 12.4. The molecule has 8 nitrogen and oxygen atoms in total. The Morgan fingerprint density at radius 3 is 2.54 bits per heavy atom. The molecule has 0 saturated carbocycles. The molecule has 3 saturated heterocycles. The van der Waals surface area contributed by atoms with Crippen LogP contribution in [0, 0.1) is 24.7 Å². The van der Waals surface area contributed by atoms with Gasteiger partial charge in [-0.2, -0.15) is 0 Å². The number of anilines is 1. The maximum atomic E-state index is 14.8. The van der Waals surface area contributed by atoms with Gasteiger partial charge in [-0.25, -0.2) is 0 Å². The molecular weight excluding hydrogens is 542 g/mol. The number of hydrogen-bond donors (Lipinski definition) is 1. The van der Waals surface area contributed by atoms with Crippen molar-refractivity contribution in [1.82, 2.24) is 9.80 Å². The number of fused-ring (bicyclic) bond motifs is 1. The van der Waals surface area contributed by atoms with Crippen LogP contribution in [-0.2, 0) is 19.1 Å². The maximum absolute atomic E-state index is 14.8. The number of carbonyl (C=O) groups excluding carboxylic acids is 3. The van der Waals surface area contributed by atoms with Crippen molar-refractivity contribution in [2.75, 3.05) is 31.1 Å². The third kappa shape index (κ3) is 5.35. The van der Waals surface area contributed by atoms with Crippen LogP contribution in [0.3, 0.4) is 0 Å². The van der Waals surface area contributed by atoms with Gasteiger partial charge >= 0.3 is 0 Å². The summed E-state index contributed by atoms with van der Waals surface area (Å²) >= 11 is 6.64. The Morgan fingerprint density at radius 1 is 1.24 bits per heavy atom. The monoisotopic (exact) mass is 585 g/mol. The molecule has 0 radical (unpaired) electrons. The summed E-state index contributed by atoms with van der Waals surface area (Å²) in [5.74, 6) is -2.13. The number of hydrogen-bond acceptors (Lipinski definition) is 5. The van der Waals surface area contributed by atoms with E-state index < -0.39 is 35.6 Å². The highest BCUT2D eigenvalue weighted by molar-refractivity contribution is 6.34. The summed E-state index contributed by atoms with van der Waals surface area (Å²) < 4.78 is 6.66. The Balaban J connectivity index is 1.85. The highest BCUT2D eigenvalue weighted by Crippen LogP contribution is 2.59. The van der Waals surface area contributed by atoms with Crippen LogP contribution in [-0.4, -0.2) is 82.7 Å². The molecule has 1 aromatic rings. The SMILES string of the molecule is C=CCN(CCC)C(=O)[C@@H]1[C@H]2C(=O)N([C@@H](CO)CC(C)C)C(C(=O)N(CC=C)c3c(C)cccc3Cl)C23CC[C@H]1O3. The third-order valence-corrected chi connectivity index (χ3v) is 9.10. The number of carbonyl (C=O) groups is 3. The fourth-order valence-corrected chi connectivity index (χ4v) is 7.65. The van der Waals surface area contributed by atoms with E-state index in [0.29, 0.717) is 43.1 Å². The van der Waals surface area contributed by atoms with E-state index in [-0.39, 0.29) is 36.8 Å². The first-order chi connectivity index (χ1) is 19.6. The van der Waals surface area contributed by atoms with Gasteiger partial charge in [-0.3, -0.25) is 14.4 Å². The molecule has 0 aromatic heterocycles. The minimum atomic E-state index is -1.18. The number of para-hydroxylation sites is 1. The number of rotatable bonds is 13. The molecule has 0 aliphatic carbocycles. The minimum Gasteiger partial charge on any atom is -0.394 e. The largest absolute Gasteiger partial charge is 0.394 e. The smallest absolute Gasteiger partial charge is 0.253 e. The van der Waals surface area contributed by atoms with Crippen LogP contribution in [0.25, 0.3) is 0 Å². The number of benzene rings is 1. The molecule has 3 amide bonds. The van der Waals surface area contributed by atoms with E-state index in [2.05, 4.69) is 13.2 Å². The van der Waals surface area contributed by atoms with Gasteiger partial charge in [0.2, 0.25) is 11.8 Å². The Bertz CT molecular complexity index is 1170. The van der Waals surface area contributed by atoms with Crippen molar-refractivity contribution in [3.8, 4) is 0 Å². The van der Waals surface area contributed by atoms with Gasteiger partial charge in [-0.1, -0.05) is 56.7 Å². The number of likely N-dealkylation sites (tertiary alicyclic amines) is 1. The zero-order valence-electron chi connectivity index (χ0n) is 24.7. The molecule has 4 rings (SSSR count). The second-order valence-electron chi connectivity index (χ2n) is 12.0. The summed E-state index contributed by atoms with van der Waals surface area (Å²) in [5.41, 5.74) is 0.184. The average Bonchev–Trinajstić information content (AvgIpc) is 3.57. The van der Waals surface area contributed by atoms with E-state index in [0.717, 1.165) is 12.0 Å². The standard InChI is InChI=1S/C32H44ClN3O5/c1-7-15-34(16-8-2)29(38)25-24-13-14-32(41-24)26(25)30(39)36(22(19-37)18-20(4)5)28(32)31(40)35(17-9-3)27-21(6)11-10-12-23(27)33/h7,9-12,20,22,24-26,28,37H,1,3,8,13-19H2,2,4-6H3/t22-,24-,25+,26+,28?,32?/m1/s1. The fraction of sp³-hybridized carbons (Fsp3) is 0.594. The van der Waals surface area contributed by atoms with Crippen LogP contribution in [0.2, 0.25) is 5.02 Å². The number of amides is 3. The molecule has 1 spiro atoms. The van der Waals surface area contributed by atoms with Crippen LogP contribution >= 0.6 is 11.6 Å². The lowest BCUT2D eigenvalue weighted by Crippen LogP contribution is -2.59. The molecule has 3 heterocycles. The maximum Gasteiger partial charge on any atom is 0.253 e. The van der Waals surface area contributed by atoms with Crippen molar-refractivity contribution in [3.63, 3.8) is 0 Å². The summed E-state index contributed by atoms with van der Waals surface area (Å²) in [7, 11) is 0. The molecule has 6 atom stereocenters. The first kappa shape index (κ1) is 31.3. The number of aliphatic hydroxyl groups is 1. The third-order valence-electron chi connectivity index (χ3n) is 8.80. The van der Waals surface area contributed by atoms with Gasteiger partial charge in [-0.15, -0.1) is 13.2 Å². The van der Waals surface area contributed by atoms with Crippen LogP contribution in [0.15, 0.2) is 43.5 Å². The van der Waals surface area contributed by atoms with Crippen LogP contribution < -0.4 is 4.90 Å². The van der Waals surface area contributed by atoms with Gasteiger partial charge in [0.1, 0.15) is 11.6 Å². The lowest BCUT2D eigenvalue weighted by molar-refractivity contribution is -0.147. The molecule has 224 valence electrons. The Labute approximate surface area is 248 Å². The molecule has 2 bridgehead atoms. The zero-order valence-corrected chi connectivity index (χ0v) is 25.5. The molecule has 3 fully saturated rings. The summed E-state index contributed by atoms with van der Waals surface area (Å²) in [6.07, 6.45) is 5.19. The summed E-state index contributed by atoms with van der Waals surface area (Å²) in [6, 6.07) is 3.81. The highest BCUT2D eigenvalue weighted by atomic mass is 35.5. The van der Waals surface area contributed by atoms with E-state index in [1.54, 1.807) is 32.9 Å². The van der Waals surface area contributed by atoms with Gasteiger partial charge in [0.05, 0.1) is 41.3 Å². The van der Waals surface area contributed by atoms with Crippen molar-refractivity contribution in [2.45, 2.75) is 77.2 Å². The van der Waals surface area contributed by atoms with Crippen LogP contribution in [0.4, 0.5) is 5.69 Å². The Hall–Kier alpha value is -2.68. The zero-order chi connectivity index (χ0) is 30.1. The highest BCUT2D eigenvalue weighted by Gasteiger charge is 2.75. The molecule has 2 unspecified atom stereocenters. The molecule has 1 N–H and O–H groups in total.